The molecule has 1 saturated carbocycles. The quantitative estimate of drug-likeness (QED) is 0.846. The summed E-state index contributed by atoms with van der Waals surface area (Å²) in [7, 11) is 1.79. The van der Waals surface area contributed by atoms with Gasteiger partial charge in [0.25, 0.3) is 0 Å². The average Bonchev–Trinajstić information content (AvgIpc) is 2.88. The maximum atomic E-state index is 12.4. The standard InChI is InChI=1S/C17H30N4O2/c1-4-5-10-21-13(2)15(11-18-21)19-17(23)20(3)12-14-8-6-7-9-16(14)22/h11,14,16,22H,4-10,12H2,1-3H3,(H,19,23). The van der Waals surface area contributed by atoms with E-state index in [4.69, 9.17) is 0 Å². The van der Waals surface area contributed by atoms with Crippen molar-refractivity contribution >= 4 is 11.7 Å². The Labute approximate surface area is 138 Å². The first-order valence-corrected chi connectivity index (χ1v) is 8.75. The number of rotatable bonds is 6. The number of amides is 2. The minimum absolute atomic E-state index is 0.138. The van der Waals surface area contributed by atoms with E-state index in [1.165, 1.54) is 0 Å². The molecular formula is C17H30N4O2. The highest BCUT2D eigenvalue weighted by atomic mass is 16.3. The highest BCUT2D eigenvalue weighted by Crippen LogP contribution is 2.25. The third-order valence-corrected chi connectivity index (χ3v) is 4.79. The summed E-state index contributed by atoms with van der Waals surface area (Å²) in [5, 5.41) is 17.3. The molecule has 23 heavy (non-hydrogen) atoms. The molecule has 1 aliphatic carbocycles. The largest absolute Gasteiger partial charge is 0.393 e. The van der Waals surface area contributed by atoms with Crippen LogP contribution in [0.1, 0.15) is 51.1 Å². The highest BCUT2D eigenvalue weighted by Gasteiger charge is 2.25. The second-order valence-corrected chi connectivity index (χ2v) is 6.64. The molecule has 2 unspecified atom stereocenters. The van der Waals surface area contributed by atoms with Gasteiger partial charge in [-0.15, -0.1) is 0 Å². The minimum atomic E-state index is -0.280. The molecule has 1 aromatic rings. The van der Waals surface area contributed by atoms with Gasteiger partial charge in [-0.2, -0.15) is 5.10 Å². The topological polar surface area (TPSA) is 70.4 Å². The number of hydrogen-bond donors (Lipinski definition) is 2. The molecule has 0 aromatic carbocycles. The summed E-state index contributed by atoms with van der Waals surface area (Å²) in [6.07, 6.45) is 7.70. The Morgan fingerprint density at radius 1 is 1.48 bits per heavy atom. The molecule has 1 aromatic heterocycles. The van der Waals surface area contributed by atoms with E-state index in [2.05, 4.69) is 17.3 Å². The number of carbonyl (C=O) groups is 1. The maximum absolute atomic E-state index is 12.4. The molecule has 0 radical (unpaired) electrons. The fraction of sp³-hybridized carbons (Fsp3) is 0.765. The first-order chi connectivity index (χ1) is 11.0. The summed E-state index contributed by atoms with van der Waals surface area (Å²) in [6, 6.07) is -0.138. The predicted octanol–water partition coefficient (Wildman–Crippen LogP) is 3.01. The summed E-state index contributed by atoms with van der Waals surface area (Å²) in [5.41, 5.74) is 1.75. The first-order valence-electron chi connectivity index (χ1n) is 8.75. The van der Waals surface area contributed by atoms with E-state index in [-0.39, 0.29) is 18.1 Å². The smallest absolute Gasteiger partial charge is 0.321 e. The van der Waals surface area contributed by atoms with E-state index in [9.17, 15) is 9.90 Å². The van der Waals surface area contributed by atoms with Crippen LogP contribution in [-0.2, 0) is 6.54 Å². The van der Waals surface area contributed by atoms with Crippen molar-refractivity contribution in [2.75, 3.05) is 18.9 Å². The third kappa shape index (κ3) is 4.70. The van der Waals surface area contributed by atoms with Crippen molar-refractivity contribution in [1.82, 2.24) is 14.7 Å². The number of aromatic nitrogens is 2. The second kappa shape index (κ2) is 8.34. The molecule has 1 aliphatic rings. The first kappa shape index (κ1) is 17.8. The van der Waals surface area contributed by atoms with Crippen LogP contribution in [0.4, 0.5) is 10.5 Å². The normalized spacial score (nSPS) is 21.2. The van der Waals surface area contributed by atoms with E-state index in [1.54, 1.807) is 18.1 Å². The molecule has 6 nitrogen and oxygen atoms in total. The van der Waals surface area contributed by atoms with Crippen molar-refractivity contribution in [3.63, 3.8) is 0 Å². The second-order valence-electron chi connectivity index (χ2n) is 6.64. The molecule has 2 amide bonds. The van der Waals surface area contributed by atoms with Crippen LogP contribution in [0.25, 0.3) is 0 Å². The molecule has 2 rings (SSSR count). The van der Waals surface area contributed by atoms with Gasteiger partial charge in [0.15, 0.2) is 0 Å². The Kier molecular flexibility index (Phi) is 6.45. The van der Waals surface area contributed by atoms with Crippen LogP contribution in [0.5, 0.6) is 0 Å². The zero-order valence-corrected chi connectivity index (χ0v) is 14.6. The Bertz CT molecular complexity index is 515. The third-order valence-electron chi connectivity index (χ3n) is 4.79. The molecule has 0 bridgehead atoms. The Morgan fingerprint density at radius 3 is 2.91 bits per heavy atom. The number of aliphatic hydroxyl groups is 1. The lowest BCUT2D eigenvalue weighted by Gasteiger charge is -2.31. The van der Waals surface area contributed by atoms with Gasteiger partial charge in [-0.05, 0) is 26.2 Å². The Morgan fingerprint density at radius 2 is 2.22 bits per heavy atom. The summed E-state index contributed by atoms with van der Waals surface area (Å²) in [4.78, 5) is 14.0. The van der Waals surface area contributed by atoms with Gasteiger partial charge in [-0.1, -0.05) is 26.2 Å². The van der Waals surface area contributed by atoms with E-state index in [1.807, 2.05) is 11.6 Å². The van der Waals surface area contributed by atoms with Crippen LogP contribution in [0, 0.1) is 12.8 Å². The molecule has 0 saturated heterocycles. The summed E-state index contributed by atoms with van der Waals surface area (Å²) in [5.74, 6) is 0.188. The predicted molar refractivity (Wildman–Crippen MR) is 91.5 cm³/mol. The lowest BCUT2D eigenvalue weighted by atomic mass is 9.86. The number of nitrogens with one attached hydrogen (secondary N) is 1. The van der Waals surface area contributed by atoms with Crippen molar-refractivity contribution in [3.05, 3.63) is 11.9 Å². The maximum Gasteiger partial charge on any atom is 0.321 e. The minimum Gasteiger partial charge on any atom is -0.393 e. The molecule has 2 atom stereocenters. The molecule has 1 heterocycles. The van der Waals surface area contributed by atoms with Gasteiger partial charge >= 0.3 is 6.03 Å². The van der Waals surface area contributed by atoms with Crippen molar-refractivity contribution in [3.8, 4) is 0 Å². The van der Waals surface area contributed by atoms with Gasteiger partial charge in [-0.3, -0.25) is 4.68 Å². The zero-order chi connectivity index (χ0) is 16.8. The van der Waals surface area contributed by atoms with Crippen LogP contribution in [0.3, 0.4) is 0 Å². The van der Waals surface area contributed by atoms with Crippen molar-refractivity contribution in [2.45, 2.75) is 65.0 Å². The fourth-order valence-corrected chi connectivity index (χ4v) is 3.15. The lowest BCUT2D eigenvalue weighted by Crippen LogP contribution is -2.40. The van der Waals surface area contributed by atoms with Gasteiger partial charge in [0, 0.05) is 26.1 Å². The van der Waals surface area contributed by atoms with Gasteiger partial charge < -0.3 is 15.3 Å². The van der Waals surface area contributed by atoms with Crippen molar-refractivity contribution in [1.29, 1.82) is 0 Å². The summed E-state index contributed by atoms with van der Waals surface area (Å²) < 4.78 is 1.93. The van der Waals surface area contributed by atoms with E-state index in [0.717, 1.165) is 56.5 Å². The zero-order valence-electron chi connectivity index (χ0n) is 14.6. The number of unbranched alkanes of at least 4 members (excludes halogenated alkanes) is 1. The van der Waals surface area contributed by atoms with E-state index < -0.39 is 0 Å². The molecular weight excluding hydrogens is 292 g/mol. The van der Waals surface area contributed by atoms with Crippen LogP contribution in [0.2, 0.25) is 0 Å². The van der Waals surface area contributed by atoms with E-state index in [0.29, 0.717) is 6.54 Å². The number of nitrogens with zero attached hydrogens (tertiary/aromatic N) is 3. The number of urea groups is 1. The van der Waals surface area contributed by atoms with Crippen molar-refractivity contribution < 1.29 is 9.90 Å². The Balaban J connectivity index is 1.89. The molecule has 130 valence electrons. The fourth-order valence-electron chi connectivity index (χ4n) is 3.15. The number of aryl methyl sites for hydroxylation is 1. The number of hydrogen-bond acceptors (Lipinski definition) is 3. The molecule has 0 aliphatic heterocycles. The molecule has 1 fully saturated rings. The molecule has 0 spiro atoms. The molecule has 2 N–H and O–H groups in total. The lowest BCUT2D eigenvalue weighted by molar-refractivity contribution is 0.0575. The SMILES string of the molecule is CCCCn1ncc(NC(=O)N(C)CC2CCCCC2O)c1C. The monoisotopic (exact) mass is 322 g/mol. The average molecular weight is 322 g/mol. The van der Waals surface area contributed by atoms with Crippen LogP contribution < -0.4 is 5.32 Å². The summed E-state index contributed by atoms with van der Waals surface area (Å²) >= 11 is 0. The van der Waals surface area contributed by atoms with Crippen LogP contribution in [0.15, 0.2) is 6.20 Å². The van der Waals surface area contributed by atoms with Gasteiger partial charge in [0.05, 0.1) is 23.7 Å². The van der Waals surface area contributed by atoms with Crippen LogP contribution in [-0.4, -0.2) is 45.5 Å². The Hall–Kier alpha value is -1.56. The summed E-state index contributed by atoms with van der Waals surface area (Å²) in [6.45, 7) is 5.59. The molecule has 6 heteroatoms. The van der Waals surface area contributed by atoms with Gasteiger partial charge in [0.1, 0.15) is 0 Å². The number of aliphatic hydroxyl groups excluding tert-OH is 1. The van der Waals surface area contributed by atoms with E-state index >= 15 is 0 Å². The number of carbonyl (C=O) groups excluding carboxylic acids is 1. The number of anilines is 1. The van der Waals surface area contributed by atoms with Gasteiger partial charge in [0.2, 0.25) is 0 Å². The van der Waals surface area contributed by atoms with Crippen LogP contribution >= 0.6 is 0 Å². The van der Waals surface area contributed by atoms with Crippen molar-refractivity contribution in [2.24, 2.45) is 5.92 Å². The van der Waals surface area contributed by atoms with Gasteiger partial charge in [-0.25, -0.2) is 4.79 Å². The highest BCUT2D eigenvalue weighted by molar-refractivity contribution is 5.89.